The van der Waals surface area contributed by atoms with Crippen LogP contribution in [0, 0.1) is 13.8 Å². The lowest BCUT2D eigenvalue weighted by atomic mass is 9.89. The Bertz CT molecular complexity index is 329. The zero-order chi connectivity index (χ0) is 11.5. The van der Waals surface area contributed by atoms with Crippen LogP contribution in [-0.4, -0.2) is 17.3 Å². The van der Waals surface area contributed by atoms with Crippen LogP contribution in [0.2, 0.25) is 0 Å². The van der Waals surface area contributed by atoms with Gasteiger partial charge in [-0.05, 0) is 31.4 Å². The highest BCUT2D eigenvalue weighted by Gasteiger charge is 2.23. The third-order valence-corrected chi connectivity index (χ3v) is 3.06. The highest BCUT2D eigenvalue weighted by atomic mass is 16.3. The Balaban J connectivity index is 2.92. The van der Waals surface area contributed by atoms with E-state index in [1.807, 2.05) is 6.92 Å². The Morgan fingerprint density at radius 1 is 1.33 bits per heavy atom. The van der Waals surface area contributed by atoms with Crippen LogP contribution < -0.4 is 5.73 Å². The average Bonchev–Trinajstić information content (AvgIpc) is 2.23. The molecule has 0 saturated carbocycles. The van der Waals surface area contributed by atoms with E-state index < -0.39 is 5.60 Å². The molecule has 0 aromatic heterocycles. The molecule has 0 aliphatic heterocycles. The van der Waals surface area contributed by atoms with E-state index in [2.05, 4.69) is 32.0 Å². The minimum absolute atomic E-state index is 0.316. The minimum atomic E-state index is -0.751. The molecule has 1 unspecified atom stereocenters. The van der Waals surface area contributed by atoms with Crippen molar-refractivity contribution in [3.63, 3.8) is 0 Å². The van der Waals surface area contributed by atoms with Gasteiger partial charge in [-0.2, -0.15) is 0 Å². The second kappa shape index (κ2) is 4.77. The van der Waals surface area contributed by atoms with Gasteiger partial charge in [0.1, 0.15) is 0 Å². The maximum absolute atomic E-state index is 10.2. The molecule has 0 fully saturated rings. The first-order chi connectivity index (χ1) is 7.00. The van der Waals surface area contributed by atoms with Crippen LogP contribution in [-0.2, 0) is 6.42 Å². The molecule has 0 amide bonds. The number of nitrogens with two attached hydrogens (primary N) is 1. The monoisotopic (exact) mass is 207 g/mol. The molecular formula is C13H21NO. The smallest absolute Gasteiger partial charge is 0.0807 e. The minimum Gasteiger partial charge on any atom is -0.388 e. The normalized spacial score (nSPS) is 15.0. The van der Waals surface area contributed by atoms with E-state index in [9.17, 15) is 5.11 Å². The summed E-state index contributed by atoms with van der Waals surface area (Å²) in [4.78, 5) is 0. The van der Waals surface area contributed by atoms with Crippen molar-refractivity contribution in [2.24, 2.45) is 5.73 Å². The number of hydrogen-bond acceptors (Lipinski definition) is 2. The molecule has 0 aliphatic carbocycles. The first-order valence-corrected chi connectivity index (χ1v) is 5.49. The van der Waals surface area contributed by atoms with E-state index in [1.165, 1.54) is 16.7 Å². The Hall–Kier alpha value is -0.860. The molecule has 0 radical (unpaired) electrons. The van der Waals surface area contributed by atoms with Gasteiger partial charge in [-0.3, -0.25) is 0 Å². The third kappa shape index (κ3) is 3.05. The third-order valence-electron chi connectivity index (χ3n) is 3.06. The first kappa shape index (κ1) is 12.2. The van der Waals surface area contributed by atoms with Crippen LogP contribution in [0.25, 0.3) is 0 Å². The van der Waals surface area contributed by atoms with Crippen LogP contribution in [0.15, 0.2) is 18.2 Å². The van der Waals surface area contributed by atoms with Crippen molar-refractivity contribution in [1.29, 1.82) is 0 Å². The molecule has 1 rings (SSSR count). The molecule has 1 aromatic rings. The lowest BCUT2D eigenvalue weighted by molar-refractivity contribution is 0.0454. The molecule has 0 saturated heterocycles. The van der Waals surface area contributed by atoms with Crippen molar-refractivity contribution in [3.8, 4) is 0 Å². The number of hydrogen-bond donors (Lipinski definition) is 2. The van der Waals surface area contributed by atoms with Crippen LogP contribution in [0.4, 0.5) is 0 Å². The number of aliphatic hydroxyl groups is 1. The van der Waals surface area contributed by atoms with Gasteiger partial charge >= 0.3 is 0 Å². The summed E-state index contributed by atoms with van der Waals surface area (Å²) in [5, 5.41) is 10.2. The maximum Gasteiger partial charge on any atom is 0.0807 e. The fourth-order valence-corrected chi connectivity index (χ4v) is 1.69. The fraction of sp³-hybridized carbons (Fsp3) is 0.538. The summed E-state index contributed by atoms with van der Waals surface area (Å²) < 4.78 is 0. The highest BCUT2D eigenvalue weighted by Crippen LogP contribution is 2.20. The Morgan fingerprint density at radius 3 is 2.53 bits per heavy atom. The van der Waals surface area contributed by atoms with E-state index in [1.54, 1.807) is 0 Å². The maximum atomic E-state index is 10.2. The first-order valence-electron chi connectivity index (χ1n) is 5.49. The summed E-state index contributed by atoms with van der Waals surface area (Å²) in [7, 11) is 0. The fourth-order valence-electron chi connectivity index (χ4n) is 1.69. The van der Waals surface area contributed by atoms with Crippen LogP contribution in [0.5, 0.6) is 0 Å². The summed E-state index contributed by atoms with van der Waals surface area (Å²) >= 11 is 0. The SMILES string of the molecule is CCC(O)(CN)Cc1cc(C)ccc1C. The molecule has 0 spiro atoms. The predicted octanol–water partition coefficient (Wildman–Crippen LogP) is 1.95. The second-order valence-corrected chi connectivity index (χ2v) is 4.39. The van der Waals surface area contributed by atoms with E-state index in [0.717, 1.165) is 0 Å². The molecular weight excluding hydrogens is 186 g/mol. The topological polar surface area (TPSA) is 46.2 Å². The highest BCUT2D eigenvalue weighted by molar-refractivity contribution is 5.31. The van der Waals surface area contributed by atoms with Gasteiger partial charge < -0.3 is 10.8 Å². The van der Waals surface area contributed by atoms with Crippen molar-refractivity contribution in [2.75, 3.05) is 6.54 Å². The van der Waals surface area contributed by atoms with Crippen LogP contribution >= 0.6 is 0 Å². The van der Waals surface area contributed by atoms with Gasteiger partial charge in [-0.1, -0.05) is 30.7 Å². The number of rotatable bonds is 4. The largest absolute Gasteiger partial charge is 0.388 e. The molecule has 1 aromatic carbocycles. The van der Waals surface area contributed by atoms with Crippen molar-refractivity contribution >= 4 is 0 Å². The lowest BCUT2D eigenvalue weighted by Gasteiger charge is -2.25. The molecule has 84 valence electrons. The average molecular weight is 207 g/mol. The molecule has 15 heavy (non-hydrogen) atoms. The quantitative estimate of drug-likeness (QED) is 0.792. The van der Waals surface area contributed by atoms with Crippen molar-refractivity contribution in [3.05, 3.63) is 34.9 Å². The van der Waals surface area contributed by atoms with Crippen LogP contribution in [0.1, 0.15) is 30.0 Å². The van der Waals surface area contributed by atoms with Gasteiger partial charge in [-0.15, -0.1) is 0 Å². The van der Waals surface area contributed by atoms with Gasteiger partial charge in [0.2, 0.25) is 0 Å². The summed E-state index contributed by atoms with van der Waals surface area (Å²) in [6.45, 7) is 6.42. The van der Waals surface area contributed by atoms with Crippen molar-refractivity contribution < 1.29 is 5.11 Å². The molecule has 1 atom stereocenters. The summed E-state index contributed by atoms with van der Waals surface area (Å²) in [6, 6.07) is 6.31. The lowest BCUT2D eigenvalue weighted by Crippen LogP contribution is -2.39. The molecule has 3 N–H and O–H groups in total. The summed E-state index contributed by atoms with van der Waals surface area (Å²) in [6.07, 6.45) is 1.34. The van der Waals surface area contributed by atoms with Gasteiger partial charge in [0.15, 0.2) is 0 Å². The molecule has 2 heteroatoms. The standard InChI is InChI=1S/C13H21NO/c1-4-13(15,9-14)8-12-7-10(2)5-6-11(12)3/h5-7,15H,4,8-9,14H2,1-3H3. The van der Waals surface area contributed by atoms with Crippen molar-refractivity contribution in [1.82, 2.24) is 0 Å². The molecule has 0 bridgehead atoms. The van der Waals surface area contributed by atoms with E-state index in [4.69, 9.17) is 5.73 Å². The van der Waals surface area contributed by atoms with E-state index >= 15 is 0 Å². The zero-order valence-electron chi connectivity index (χ0n) is 9.88. The van der Waals surface area contributed by atoms with E-state index in [0.29, 0.717) is 19.4 Å². The summed E-state index contributed by atoms with van der Waals surface area (Å²) in [5.41, 5.74) is 8.50. The van der Waals surface area contributed by atoms with Gasteiger partial charge in [-0.25, -0.2) is 0 Å². The van der Waals surface area contributed by atoms with Crippen LogP contribution in [0.3, 0.4) is 0 Å². The zero-order valence-corrected chi connectivity index (χ0v) is 9.88. The Morgan fingerprint density at radius 2 is 2.00 bits per heavy atom. The molecule has 2 nitrogen and oxygen atoms in total. The molecule has 0 aliphatic rings. The Kier molecular flexibility index (Phi) is 3.89. The molecule has 0 heterocycles. The number of aryl methyl sites for hydroxylation is 2. The Labute approximate surface area is 92.1 Å². The number of benzene rings is 1. The summed E-state index contributed by atoms with van der Waals surface area (Å²) in [5.74, 6) is 0. The second-order valence-electron chi connectivity index (χ2n) is 4.39. The predicted molar refractivity (Wildman–Crippen MR) is 63.9 cm³/mol. The van der Waals surface area contributed by atoms with Gasteiger partial charge in [0.05, 0.1) is 5.60 Å². The van der Waals surface area contributed by atoms with Gasteiger partial charge in [0.25, 0.3) is 0 Å². The van der Waals surface area contributed by atoms with Crippen molar-refractivity contribution in [2.45, 2.75) is 39.2 Å². The van der Waals surface area contributed by atoms with Gasteiger partial charge in [0, 0.05) is 13.0 Å². The van der Waals surface area contributed by atoms with E-state index in [-0.39, 0.29) is 0 Å².